The number of aliphatic hydroxyl groups is 1. The monoisotopic (exact) mass is 170 g/mol. The van der Waals surface area contributed by atoms with Gasteiger partial charge in [0.25, 0.3) is 0 Å². The maximum absolute atomic E-state index is 9.82. The van der Waals surface area contributed by atoms with Crippen molar-refractivity contribution in [1.29, 1.82) is 0 Å². The highest BCUT2D eigenvalue weighted by Crippen LogP contribution is 1.92. The van der Waals surface area contributed by atoms with Gasteiger partial charge in [-0.15, -0.1) is 0 Å². The van der Waals surface area contributed by atoms with Gasteiger partial charge in [-0.2, -0.15) is 8.42 Å². The van der Waals surface area contributed by atoms with Crippen LogP contribution in [0.5, 0.6) is 0 Å². The van der Waals surface area contributed by atoms with Crippen LogP contribution in [0.4, 0.5) is 0 Å². The smallest absolute Gasteiger partial charge is 0.393 e. The second kappa shape index (κ2) is 3.62. The number of hydrogen-bond acceptors (Lipinski definition) is 5. The number of hydrogen-bond donors (Lipinski definition) is 2. The minimum atomic E-state index is -4.64. The van der Waals surface area contributed by atoms with Gasteiger partial charge in [-0.3, -0.25) is 4.55 Å². The molecule has 0 aromatic carbocycles. The highest BCUT2D eigenvalue weighted by molar-refractivity contribution is 7.80. The van der Waals surface area contributed by atoms with Gasteiger partial charge in [-0.1, -0.05) is 0 Å². The first-order valence-electron chi connectivity index (χ1n) is 2.21. The van der Waals surface area contributed by atoms with Crippen LogP contribution in [0.3, 0.4) is 0 Å². The van der Waals surface area contributed by atoms with Gasteiger partial charge in [0.2, 0.25) is 0 Å². The van der Waals surface area contributed by atoms with E-state index in [1.54, 1.807) is 0 Å². The highest BCUT2D eigenvalue weighted by atomic mass is 32.3. The van der Waals surface area contributed by atoms with E-state index in [1.165, 1.54) is 0 Å². The summed E-state index contributed by atoms with van der Waals surface area (Å²) in [6.07, 6.45) is -1.46. The lowest BCUT2D eigenvalue weighted by molar-refractivity contribution is -0.115. The zero-order chi connectivity index (χ0) is 8.20. The van der Waals surface area contributed by atoms with E-state index in [0.717, 1.165) is 0 Å². The molecular weight excluding hydrogens is 164 g/mol. The maximum atomic E-state index is 9.82. The zero-order valence-electron chi connectivity index (χ0n) is 4.80. The Morgan fingerprint density at radius 3 is 2.20 bits per heavy atom. The van der Waals surface area contributed by atoms with Crippen LogP contribution in [0.15, 0.2) is 0 Å². The van der Waals surface area contributed by atoms with Crippen molar-refractivity contribution >= 4 is 16.7 Å². The van der Waals surface area contributed by atoms with Crippen LogP contribution < -0.4 is 0 Å². The van der Waals surface area contributed by atoms with Crippen molar-refractivity contribution in [2.75, 3.05) is 6.61 Å². The van der Waals surface area contributed by atoms with E-state index < -0.39 is 23.1 Å². The topological polar surface area (TPSA) is 101 Å². The molecule has 0 aliphatic rings. The molecule has 0 aromatic heterocycles. The number of rotatable bonds is 4. The Kier molecular flexibility index (Phi) is 3.43. The molecule has 0 aliphatic carbocycles. The van der Waals surface area contributed by atoms with Crippen molar-refractivity contribution in [3.63, 3.8) is 0 Å². The molecule has 0 aliphatic heterocycles. The third-order valence-corrected chi connectivity index (χ3v) is 1.07. The van der Waals surface area contributed by atoms with Crippen LogP contribution >= 0.6 is 0 Å². The molecule has 1 unspecified atom stereocenters. The van der Waals surface area contributed by atoms with E-state index in [1.807, 2.05) is 0 Å². The number of carbonyl (C=O) groups is 1. The lowest BCUT2D eigenvalue weighted by atomic mass is 10.4. The Labute approximate surface area is 57.4 Å². The first-order valence-corrected chi connectivity index (χ1v) is 3.58. The fourth-order valence-electron chi connectivity index (χ4n) is 0.252. The predicted octanol–water partition coefficient (Wildman–Crippen LogP) is -1.63. The summed E-state index contributed by atoms with van der Waals surface area (Å²) >= 11 is 0. The van der Waals surface area contributed by atoms with E-state index >= 15 is 0 Å². The minimum absolute atomic E-state index is 0.0633. The second-order valence-corrected chi connectivity index (χ2v) is 2.43. The van der Waals surface area contributed by atoms with Crippen LogP contribution in [-0.4, -0.2) is 37.1 Å². The SMILES string of the molecule is O=CC(CO)OS(=O)(=O)O. The molecule has 1 atom stereocenters. The molecule has 7 heteroatoms. The molecule has 0 saturated heterocycles. The van der Waals surface area contributed by atoms with Crippen LogP contribution in [-0.2, 0) is 19.4 Å². The predicted molar refractivity (Wildman–Crippen MR) is 29.6 cm³/mol. The third kappa shape index (κ3) is 4.39. The summed E-state index contributed by atoms with van der Waals surface area (Å²) in [5, 5.41) is 8.16. The van der Waals surface area contributed by atoms with Gasteiger partial charge in [-0.05, 0) is 0 Å². The van der Waals surface area contributed by atoms with E-state index in [0.29, 0.717) is 0 Å². The molecule has 0 radical (unpaired) electrons. The Balaban J connectivity index is 4.00. The van der Waals surface area contributed by atoms with E-state index in [4.69, 9.17) is 9.66 Å². The molecule has 60 valence electrons. The molecule has 10 heavy (non-hydrogen) atoms. The lowest BCUT2D eigenvalue weighted by Crippen LogP contribution is -2.22. The summed E-state index contributed by atoms with van der Waals surface area (Å²) in [6, 6.07) is 0. The number of aliphatic hydroxyl groups excluding tert-OH is 1. The average molecular weight is 170 g/mol. The Morgan fingerprint density at radius 2 is 2.10 bits per heavy atom. The first kappa shape index (κ1) is 9.50. The lowest BCUT2D eigenvalue weighted by Gasteiger charge is -2.02. The summed E-state index contributed by atoms with van der Waals surface area (Å²) in [5.41, 5.74) is 0. The van der Waals surface area contributed by atoms with Crippen LogP contribution in [0.25, 0.3) is 0 Å². The van der Waals surface area contributed by atoms with Gasteiger partial charge in [0.1, 0.15) is 0 Å². The summed E-state index contributed by atoms with van der Waals surface area (Å²) in [5.74, 6) is 0. The molecule has 0 amide bonds. The molecule has 6 nitrogen and oxygen atoms in total. The molecule has 0 rings (SSSR count). The van der Waals surface area contributed by atoms with Gasteiger partial charge >= 0.3 is 10.4 Å². The van der Waals surface area contributed by atoms with Crippen molar-refractivity contribution in [3.8, 4) is 0 Å². The van der Waals surface area contributed by atoms with E-state index in [9.17, 15) is 13.2 Å². The summed E-state index contributed by atoms with van der Waals surface area (Å²) in [4.78, 5) is 9.75. The molecule has 0 aromatic rings. The van der Waals surface area contributed by atoms with E-state index in [2.05, 4.69) is 4.18 Å². The van der Waals surface area contributed by atoms with Crippen LogP contribution in [0.1, 0.15) is 0 Å². The van der Waals surface area contributed by atoms with Gasteiger partial charge < -0.3 is 9.90 Å². The van der Waals surface area contributed by atoms with Crippen LogP contribution in [0, 0.1) is 0 Å². The summed E-state index contributed by atoms with van der Waals surface area (Å²) in [6.45, 7) is -0.788. The molecule has 0 bridgehead atoms. The molecule has 0 spiro atoms. The van der Waals surface area contributed by atoms with Crippen molar-refractivity contribution < 1.29 is 27.1 Å². The van der Waals surface area contributed by atoms with Crippen LogP contribution in [0.2, 0.25) is 0 Å². The van der Waals surface area contributed by atoms with Crippen molar-refractivity contribution in [3.05, 3.63) is 0 Å². The van der Waals surface area contributed by atoms with Gasteiger partial charge in [0.15, 0.2) is 12.4 Å². The van der Waals surface area contributed by atoms with Gasteiger partial charge in [0.05, 0.1) is 6.61 Å². The fourth-order valence-corrected chi connectivity index (χ4v) is 0.671. The molecular formula is C3H6O6S. The third-order valence-electron chi connectivity index (χ3n) is 0.577. The minimum Gasteiger partial charge on any atom is -0.393 e. The van der Waals surface area contributed by atoms with Gasteiger partial charge in [-0.25, -0.2) is 4.18 Å². The highest BCUT2D eigenvalue weighted by Gasteiger charge is 2.14. The number of aldehydes is 1. The largest absolute Gasteiger partial charge is 0.398 e. The average Bonchev–Trinajstić information content (AvgIpc) is 1.81. The Bertz CT molecular complexity index is 193. The Morgan fingerprint density at radius 1 is 1.60 bits per heavy atom. The number of carbonyl (C=O) groups excluding carboxylic acids is 1. The molecule has 0 heterocycles. The standard InChI is InChI=1S/C3H6O6S/c4-1-3(2-5)9-10(6,7)8/h1,3,5H,2H2,(H,6,7,8). The molecule has 2 N–H and O–H groups in total. The summed E-state index contributed by atoms with van der Waals surface area (Å²) in [7, 11) is -4.64. The second-order valence-electron chi connectivity index (χ2n) is 1.38. The first-order chi connectivity index (χ1) is 4.49. The molecule has 0 fully saturated rings. The molecule has 0 saturated carbocycles. The van der Waals surface area contributed by atoms with Gasteiger partial charge in [0, 0.05) is 0 Å². The fraction of sp³-hybridized carbons (Fsp3) is 0.667. The van der Waals surface area contributed by atoms with Crippen molar-refractivity contribution in [2.45, 2.75) is 6.10 Å². The van der Waals surface area contributed by atoms with E-state index in [-0.39, 0.29) is 6.29 Å². The maximum Gasteiger partial charge on any atom is 0.398 e. The van der Waals surface area contributed by atoms with Crippen molar-refractivity contribution in [2.24, 2.45) is 0 Å². The summed E-state index contributed by atoms with van der Waals surface area (Å²) < 4.78 is 31.2. The normalized spacial score (nSPS) is 14.6. The zero-order valence-corrected chi connectivity index (χ0v) is 5.61. The Hall–Kier alpha value is -0.500. The quantitative estimate of drug-likeness (QED) is 0.388. The van der Waals surface area contributed by atoms with Crippen molar-refractivity contribution in [1.82, 2.24) is 0 Å².